The van der Waals surface area contributed by atoms with Crippen molar-refractivity contribution in [3.05, 3.63) is 24.0 Å². The molecule has 1 aliphatic rings. The Balaban J connectivity index is 2.81. The Bertz CT molecular complexity index is 300. The van der Waals surface area contributed by atoms with E-state index in [2.05, 4.69) is 6.58 Å². The minimum Gasteiger partial charge on any atom is -0.497 e. The number of hydrogen-bond donors (Lipinski definition) is 0. The lowest BCUT2D eigenvalue weighted by molar-refractivity contribution is -0.150. The van der Waals surface area contributed by atoms with Crippen LogP contribution in [0, 0.1) is 0 Å². The summed E-state index contributed by atoms with van der Waals surface area (Å²) in [4.78, 5) is 11.9. The van der Waals surface area contributed by atoms with Gasteiger partial charge in [-0.25, -0.2) is 4.79 Å². The van der Waals surface area contributed by atoms with Gasteiger partial charge in [-0.15, -0.1) is 6.58 Å². The average molecular weight is 224 g/mol. The predicted octanol–water partition coefficient (Wildman–Crippen LogP) is 2.97. The van der Waals surface area contributed by atoms with Gasteiger partial charge in [0.15, 0.2) is 0 Å². The van der Waals surface area contributed by atoms with Crippen molar-refractivity contribution in [1.82, 2.24) is 0 Å². The Morgan fingerprint density at radius 2 is 2.25 bits per heavy atom. The average Bonchev–Trinajstić information content (AvgIpc) is 2.63. The first kappa shape index (κ1) is 12.8. The SMILES string of the molecule is C=CC/C(C(=O)OC(C)(C)C)=C1/CCCO1. The van der Waals surface area contributed by atoms with Crippen LogP contribution in [0.2, 0.25) is 0 Å². The second-order valence-corrected chi connectivity index (χ2v) is 4.85. The molecular weight excluding hydrogens is 204 g/mol. The number of carbonyl (C=O) groups excluding carboxylic acids is 1. The molecule has 0 aliphatic carbocycles. The lowest BCUT2D eigenvalue weighted by atomic mass is 10.1. The van der Waals surface area contributed by atoms with E-state index >= 15 is 0 Å². The van der Waals surface area contributed by atoms with Crippen molar-refractivity contribution < 1.29 is 14.3 Å². The van der Waals surface area contributed by atoms with Crippen molar-refractivity contribution in [2.24, 2.45) is 0 Å². The summed E-state index contributed by atoms with van der Waals surface area (Å²) in [5, 5.41) is 0. The van der Waals surface area contributed by atoms with Crippen molar-refractivity contribution in [1.29, 1.82) is 0 Å². The van der Waals surface area contributed by atoms with E-state index < -0.39 is 5.60 Å². The third-order valence-corrected chi connectivity index (χ3v) is 2.15. The molecule has 1 fully saturated rings. The van der Waals surface area contributed by atoms with Crippen LogP contribution in [0.3, 0.4) is 0 Å². The number of carbonyl (C=O) groups is 1. The van der Waals surface area contributed by atoms with Crippen molar-refractivity contribution in [2.75, 3.05) is 6.61 Å². The van der Waals surface area contributed by atoms with Gasteiger partial charge in [0.1, 0.15) is 11.4 Å². The topological polar surface area (TPSA) is 35.5 Å². The van der Waals surface area contributed by atoms with Gasteiger partial charge in [0, 0.05) is 12.8 Å². The molecule has 0 saturated carbocycles. The summed E-state index contributed by atoms with van der Waals surface area (Å²) in [5.41, 5.74) is 0.144. The first-order valence-electron chi connectivity index (χ1n) is 5.63. The van der Waals surface area contributed by atoms with E-state index in [-0.39, 0.29) is 5.97 Å². The highest BCUT2D eigenvalue weighted by atomic mass is 16.6. The van der Waals surface area contributed by atoms with Gasteiger partial charge in [-0.05, 0) is 27.2 Å². The number of esters is 1. The fourth-order valence-corrected chi connectivity index (χ4v) is 1.53. The fourth-order valence-electron chi connectivity index (χ4n) is 1.53. The summed E-state index contributed by atoms with van der Waals surface area (Å²) in [6.07, 6.45) is 4.00. The van der Waals surface area contributed by atoms with E-state index in [1.54, 1.807) is 6.08 Å². The van der Waals surface area contributed by atoms with Crippen LogP contribution in [0.5, 0.6) is 0 Å². The van der Waals surface area contributed by atoms with Crippen LogP contribution in [0.1, 0.15) is 40.0 Å². The number of hydrogen-bond acceptors (Lipinski definition) is 3. The molecule has 90 valence electrons. The van der Waals surface area contributed by atoms with Gasteiger partial charge in [0.05, 0.1) is 12.2 Å². The zero-order valence-electron chi connectivity index (χ0n) is 10.3. The largest absolute Gasteiger partial charge is 0.497 e. The van der Waals surface area contributed by atoms with Crippen LogP contribution in [-0.2, 0) is 14.3 Å². The lowest BCUT2D eigenvalue weighted by Crippen LogP contribution is -2.25. The van der Waals surface area contributed by atoms with Crippen molar-refractivity contribution in [2.45, 2.75) is 45.6 Å². The lowest BCUT2D eigenvalue weighted by Gasteiger charge is -2.20. The summed E-state index contributed by atoms with van der Waals surface area (Å²) >= 11 is 0. The van der Waals surface area contributed by atoms with Crippen LogP contribution < -0.4 is 0 Å². The van der Waals surface area contributed by atoms with Crippen molar-refractivity contribution >= 4 is 5.97 Å². The van der Waals surface area contributed by atoms with Gasteiger partial charge in [-0.1, -0.05) is 6.08 Å². The quantitative estimate of drug-likeness (QED) is 0.420. The maximum absolute atomic E-state index is 11.9. The molecule has 0 radical (unpaired) electrons. The van der Waals surface area contributed by atoms with Gasteiger partial charge in [-0.3, -0.25) is 0 Å². The fraction of sp³-hybridized carbons (Fsp3) is 0.615. The molecule has 1 heterocycles. The first-order chi connectivity index (χ1) is 7.44. The van der Waals surface area contributed by atoms with E-state index in [0.29, 0.717) is 18.6 Å². The molecule has 1 aliphatic heterocycles. The summed E-state index contributed by atoms with van der Waals surface area (Å²) in [6, 6.07) is 0. The Labute approximate surface area is 97.1 Å². The van der Waals surface area contributed by atoms with Crippen LogP contribution in [0.15, 0.2) is 24.0 Å². The highest BCUT2D eigenvalue weighted by Gasteiger charge is 2.24. The van der Waals surface area contributed by atoms with E-state index in [0.717, 1.165) is 18.6 Å². The van der Waals surface area contributed by atoms with E-state index in [9.17, 15) is 4.79 Å². The molecule has 0 amide bonds. The molecular formula is C13H20O3. The van der Waals surface area contributed by atoms with Gasteiger partial charge in [0.25, 0.3) is 0 Å². The highest BCUT2D eigenvalue weighted by molar-refractivity contribution is 5.89. The number of ether oxygens (including phenoxy) is 2. The third-order valence-electron chi connectivity index (χ3n) is 2.15. The summed E-state index contributed by atoms with van der Waals surface area (Å²) in [7, 11) is 0. The molecule has 1 saturated heterocycles. The Morgan fingerprint density at radius 1 is 1.56 bits per heavy atom. The summed E-state index contributed by atoms with van der Waals surface area (Å²) < 4.78 is 10.8. The van der Waals surface area contributed by atoms with Crippen LogP contribution in [-0.4, -0.2) is 18.2 Å². The van der Waals surface area contributed by atoms with Crippen LogP contribution >= 0.6 is 0 Å². The monoisotopic (exact) mass is 224 g/mol. The normalized spacial score (nSPS) is 18.9. The Kier molecular flexibility index (Phi) is 4.16. The Hall–Kier alpha value is -1.25. The molecule has 0 aromatic carbocycles. The second-order valence-electron chi connectivity index (χ2n) is 4.85. The molecule has 3 nitrogen and oxygen atoms in total. The molecule has 0 spiro atoms. The van der Waals surface area contributed by atoms with Crippen LogP contribution in [0.25, 0.3) is 0 Å². The van der Waals surface area contributed by atoms with Gasteiger partial charge in [-0.2, -0.15) is 0 Å². The van der Waals surface area contributed by atoms with Crippen molar-refractivity contribution in [3.8, 4) is 0 Å². The number of allylic oxidation sites excluding steroid dienone is 2. The minimum absolute atomic E-state index is 0.288. The van der Waals surface area contributed by atoms with E-state index in [1.165, 1.54) is 0 Å². The molecule has 0 bridgehead atoms. The molecule has 0 aromatic heterocycles. The molecule has 1 rings (SSSR count). The minimum atomic E-state index is -0.470. The molecule has 0 aromatic rings. The molecule has 0 unspecified atom stereocenters. The van der Waals surface area contributed by atoms with Gasteiger partial charge < -0.3 is 9.47 Å². The maximum Gasteiger partial charge on any atom is 0.338 e. The zero-order valence-corrected chi connectivity index (χ0v) is 10.3. The second kappa shape index (κ2) is 5.19. The maximum atomic E-state index is 11.9. The van der Waals surface area contributed by atoms with Crippen molar-refractivity contribution in [3.63, 3.8) is 0 Å². The summed E-state index contributed by atoms with van der Waals surface area (Å²) in [6.45, 7) is 9.92. The molecule has 0 N–H and O–H groups in total. The Morgan fingerprint density at radius 3 is 2.69 bits per heavy atom. The van der Waals surface area contributed by atoms with Gasteiger partial charge >= 0.3 is 5.97 Å². The summed E-state index contributed by atoms with van der Waals surface area (Å²) in [5.74, 6) is 0.485. The van der Waals surface area contributed by atoms with E-state index in [1.807, 2.05) is 20.8 Å². The predicted molar refractivity (Wildman–Crippen MR) is 62.9 cm³/mol. The molecule has 0 atom stereocenters. The molecule has 16 heavy (non-hydrogen) atoms. The first-order valence-corrected chi connectivity index (χ1v) is 5.63. The number of rotatable bonds is 3. The highest BCUT2D eigenvalue weighted by Crippen LogP contribution is 2.24. The molecule has 3 heteroatoms. The smallest absolute Gasteiger partial charge is 0.338 e. The van der Waals surface area contributed by atoms with Crippen LogP contribution in [0.4, 0.5) is 0 Å². The third kappa shape index (κ3) is 3.72. The standard InChI is InChI=1S/C13H20O3/c1-5-7-10(11-8-6-9-15-11)12(14)16-13(2,3)4/h5H,1,6-9H2,2-4H3/b11-10+. The van der Waals surface area contributed by atoms with Gasteiger partial charge in [0.2, 0.25) is 0 Å². The zero-order chi connectivity index (χ0) is 12.2. The van der Waals surface area contributed by atoms with E-state index in [4.69, 9.17) is 9.47 Å².